The summed E-state index contributed by atoms with van der Waals surface area (Å²) < 4.78 is 4.60. The smallest absolute Gasteiger partial charge is 0.349 e. The van der Waals surface area contributed by atoms with Crippen LogP contribution in [0.1, 0.15) is 20.2 Å². The van der Waals surface area contributed by atoms with Crippen LogP contribution in [-0.4, -0.2) is 23.2 Å². The van der Waals surface area contributed by atoms with Gasteiger partial charge in [0.05, 0.1) is 13.3 Å². The van der Waals surface area contributed by atoms with Gasteiger partial charge in [-0.15, -0.1) is 11.3 Å². The molecule has 0 unspecified atom stereocenters. The van der Waals surface area contributed by atoms with Gasteiger partial charge in [-0.2, -0.15) is 0 Å². The molecule has 1 N–H and O–H groups in total. The second-order valence-electron chi connectivity index (χ2n) is 3.48. The number of rotatable bonds is 3. The molecule has 1 heterocycles. The van der Waals surface area contributed by atoms with Crippen molar-refractivity contribution >= 4 is 29.5 Å². The van der Waals surface area contributed by atoms with E-state index in [1.54, 1.807) is 24.3 Å². The Balaban J connectivity index is 2.14. The predicted octanol–water partition coefficient (Wildman–Crippen LogP) is 2.81. The van der Waals surface area contributed by atoms with Crippen molar-refractivity contribution in [2.45, 2.75) is 0 Å². The van der Waals surface area contributed by atoms with Crippen molar-refractivity contribution in [2.24, 2.45) is 0 Å². The molecule has 0 saturated heterocycles. The molecule has 1 aromatic carbocycles. The first-order valence-electron chi connectivity index (χ1n) is 5.20. The molecule has 1 aromatic heterocycles. The summed E-state index contributed by atoms with van der Waals surface area (Å²) in [6.45, 7) is 0. The van der Waals surface area contributed by atoms with Crippen LogP contribution in [0.3, 0.4) is 0 Å². The third-order valence-corrected chi connectivity index (χ3v) is 3.14. The van der Waals surface area contributed by atoms with Gasteiger partial charge in [-0.3, -0.25) is 0 Å². The number of phenolic OH excluding ortho intramolecular Hbond substituents is 1. The zero-order valence-electron chi connectivity index (χ0n) is 9.66. The largest absolute Gasteiger partial charge is 0.508 e. The summed E-state index contributed by atoms with van der Waals surface area (Å²) in [5.41, 5.74) is 0.866. The molecule has 2 rings (SSSR count). The van der Waals surface area contributed by atoms with Gasteiger partial charge >= 0.3 is 5.97 Å². The highest BCUT2D eigenvalue weighted by atomic mass is 32.1. The molecular weight excluding hydrogens is 250 g/mol. The lowest BCUT2D eigenvalue weighted by Crippen LogP contribution is -1.96. The van der Waals surface area contributed by atoms with Gasteiger partial charge in [0.15, 0.2) is 0 Å². The molecule has 0 atom stereocenters. The third-order valence-electron chi connectivity index (χ3n) is 2.20. The number of hydrogen-bond donors (Lipinski definition) is 1. The lowest BCUT2D eigenvalue weighted by molar-refractivity contribution is 0.0606. The molecule has 92 valence electrons. The van der Waals surface area contributed by atoms with Crippen LogP contribution in [0.15, 0.2) is 30.5 Å². The SMILES string of the molecule is COC(=O)c1cnc(C=Cc2cccc(O)c2)s1. The monoisotopic (exact) mass is 261 g/mol. The van der Waals surface area contributed by atoms with Crippen LogP contribution in [-0.2, 0) is 4.74 Å². The van der Waals surface area contributed by atoms with Gasteiger partial charge in [0.2, 0.25) is 0 Å². The maximum absolute atomic E-state index is 11.2. The summed E-state index contributed by atoms with van der Waals surface area (Å²) in [6, 6.07) is 6.88. The first kappa shape index (κ1) is 12.3. The Morgan fingerprint density at radius 1 is 1.44 bits per heavy atom. The van der Waals surface area contributed by atoms with Crippen LogP contribution in [0.4, 0.5) is 0 Å². The van der Waals surface area contributed by atoms with Gasteiger partial charge in [0.1, 0.15) is 15.6 Å². The highest BCUT2D eigenvalue weighted by molar-refractivity contribution is 7.14. The summed E-state index contributed by atoms with van der Waals surface area (Å²) in [5, 5.41) is 10.0. The average molecular weight is 261 g/mol. The minimum atomic E-state index is -0.385. The molecule has 0 amide bonds. The molecule has 4 nitrogen and oxygen atoms in total. The summed E-state index contributed by atoms with van der Waals surface area (Å²) in [5.74, 6) is -0.170. The van der Waals surface area contributed by atoms with Crippen LogP contribution in [0.2, 0.25) is 0 Å². The molecule has 18 heavy (non-hydrogen) atoms. The Labute approximate surface area is 108 Å². The van der Waals surface area contributed by atoms with Crippen LogP contribution >= 0.6 is 11.3 Å². The molecule has 0 aliphatic heterocycles. The van der Waals surface area contributed by atoms with E-state index in [0.29, 0.717) is 9.88 Å². The normalized spacial score (nSPS) is 10.7. The second kappa shape index (κ2) is 5.46. The van der Waals surface area contributed by atoms with Crippen molar-refractivity contribution in [1.82, 2.24) is 4.98 Å². The van der Waals surface area contributed by atoms with Crippen LogP contribution < -0.4 is 0 Å². The molecule has 0 aliphatic rings. The Bertz CT molecular complexity index is 589. The number of nitrogens with zero attached hydrogens (tertiary/aromatic N) is 1. The summed E-state index contributed by atoms with van der Waals surface area (Å²) in [7, 11) is 1.34. The first-order valence-corrected chi connectivity index (χ1v) is 6.02. The second-order valence-corrected chi connectivity index (χ2v) is 4.54. The highest BCUT2D eigenvalue weighted by Gasteiger charge is 2.08. The lowest BCUT2D eigenvalue weighted by atomic mass is 10.2. The summed E-state index contributed by atoms with van der Waals surface area (Å²) in [4.78, 5) is 15.8. The Morgan fingerprint density at radius 3 is 3.00 bits per heavy atom. The van der Waals surface area contributed by atoms with E-state index in [1.165, 1.54) is 24.6 Å². The Morgan fingerprint density at radius 2 is 2.28 bits per heavy atom. The standard InChI is InChI=1S/C13H11NO3S/c1-17-13(16)11-8-14-12(18-11)6-5-9-3-2-4-10(15)7-9/h2-8,15H,1H3. The number of thiazole rings is 1. The first-order chi connectivity index (χ1) is 8.69. The number of carbonyl (C=O) groups excluding carboxylic acids is 1. The molecule has 0 saturated carbocycles. The van der Waals surface area contributed by atoms with E-state index in [4.69, 9.17) is 0 Å². The van der Waals surface area contributed by atoms with Gasteiger partial charge < -0.3 is 9.84 Å². The zero-order chi connectivity index (χ0) is 13.0. The molecular formula is C13H11NO3S. The highest BCUT2D eigenvalue weighted by Crippen LogP contribution is 2.18. The number of hydrogen-bond acceptors (Lipinski definition) is 5. The zero-order valence-corrected chi connectivity index (χ0v) is 10.5. The van der Waals surface area contributed by atoms with E-state index in [2.05, 4.69) is 9.72 Å². The number of methoxy groups -OCH3 is 1. The number of benzene rings is 1. The molecule has 0 fully saturated rings. The maximum Gasteiger partial charge on any atom is 0.349 e. The van der Waals surface area contributed by atoms with Crippen molar-refractivity contribution < 1.29 is 14.6 Å². The van der Waals surface area contributed by atoms with Gasteiger partial charge in [-0.1, -0.05) is 18.2 Å². The minimum absolute atomic E-state index is 0.214. The number of esters is 1. The average Bonchev–Trinajstić information content (AvgIpc) is 2.84. The van der Waals surface area contributed by atoms with E-state index in [-0.39, 0.29) is 11.7 Å². The minimum Gasteiger partial charge on any atom is -0.508 e. The van der Waals surface area contributed by atoms with Gasteiger partial charge in [0, 0.05) is 0 Å². The van der Waals surface area contributed by atoms with Crippen molar-refractivity contribution in [3.63, 3.8) is 0 Å². The third kappa shape index (κ3) is 2.95. The van der Waals surface area contributed by atoms with Gasteiger partial charge in [0.25, 0.3) is 0 Å². The fourth-order valence-corrected chi connectivity index (χ4v) is 2.09. The summed E-state index contributed by atoms with van der Waals surface area (Å²) in [6.07, 6.45) is 5.09. The van der Waals surface area contributed by atoms with E-state index in [9.17, 15) is 9.90 Å². The van der Waals surface area contributed by atoms with E-state index in [1.807, 2.05) is 12.1 Å². The van der Waals surface area contributed by atoms with Gasteiger partial charge in [-0.05, 0) is 23.8 Å². The molecule has 0 radical (unpaired) electrons. The Hall–Kier alpha value is -2.14. The molecule has 0 spiro atoms. The van der Waals surface area contributed by atoms with Crippen LogP contribution in [0.5, 0.6) is 5.75 Å². The van der Waals surface area contributed by atoms with E-state index in [0.717, 1.165) is 5.56 Å². The lowest BCUT2D eigenvalue weighted by Gasteiger charge is -1.93. The van der Waals surface area contributed by atoms with Gasteiger partial charge in [-0.25, -0.2) is 9.78 Å². The molecule has 0 aliphatic carbocycles. The number of carbonyl (C=O) groups is 1. The maximum atomic E-state index is 11.2. The van der Waals surface area contributed by atoms with Crippen LogP contribution in [0, 0.1) is 0 Å². The molecule has 5 heteroatoms. The summed E-state index contributed by atoms with van der Waals surface area (Å²) >= 11 is 1.25. The van der Waals surface area contributed by atoms with Crippen LogP contribution in [0.25, 0.3) is 12.2 Å². The predicted molar refractivity (Wildman–Crippen MR) is 70.5 cm³/mol. The number of phenols is 1. The van der Waals surface area contributed by atoms with E-state index < -0.39 is 0 Å². The van der Waals surface area contributed by atoms with Crippen molar-refractivity contribution in [1.29, 1.82) is 0 Å². The quantitative estimate of drug-likeness (QED) is 0.863. The number of aromatic nitrogens is 1. The van der Waals surface area contributed by atoms with Crippen molar-refractivity contribution in [2.75, 3.05) is 7.11 Å². The molecule has 2 aromatic rings. The fraction of sp³-hybridized carbons (Fsp3) is 0.0769. The van der Waals surface area contributed by atoms with E-state index >= 15 is 0 Å². The Kier molecular flexibility index (Phi) is 3.74. The van der Waals surface area contributed by atoms with Crippen molar-refractivity contribution in [3.8, 4) is 5.75 Å². The van der Waals surface area contributed by atoms with Crippen molar-refractivity contribution in [3.05, 3.63) is 45.9 Å². The topological polar surface area (TPSA) is 59.4 Å². The molecule has 0 bridgehead atoms. The fourth-order valence-electron chi connectivity index (χ4n) is 1.36. The number of ether oxygens (including phenoxy) is 1. The number of aromatic hydroxyl groups is 1.